The van der Waals surface area contributed by atoms with Gasteiger partial charge in [0.25, 0.3) is 11.5 Å². The van der Waals surface area contributed by atoms with E-state index < -0.39 is 0 Å². The first-order valence-corrected chi connectivity index (χ1v) is 9.50. The first-order valence-electron chi connectivity index (χ1n) is 9.50. The molecule has 1 aliphatic rings. The van der Waals surface area contributed by atoms with E-state index in [4.69, 9.17) is 0 Å². The van der Waals surface area contributed by atoms with Crippen LogP contribution in [0.15, 0.2) is 10.9 Å². The van der Waals surface area contributed by atoms with Gasteiger partial charge in [-0.3, -0.25) is 14.4 Å². The summed E-state index contributed by atoms with van der Waals surface area (Å²) in [4.78, 5) is 37.2. The van der Waals surface area contributed by atoms with Gasteiger partial charge in [-0.15, -0.1) is 0 Å². The number of hydrogen-bond donors (Lipinski definition) is 2. The molecule has 6 heteroatoms. The minimum absolute atomic E-state index is 0.000388. The van der Waals surface area contributed by atoms with Gasteiger partial charge in [0.1, 0.15) is 6.54 Å². The van der Waals surface area contributed by atoms with Gasteiger partial charge in [0.05, 0.1) is 5.56 Å². The molecule has 26 heavy (non-hydrogen) atoms. The highest BCUT2D eigenvalue weighted by Crippen LogP contribution is 2.24. The fourth-order valence-corrected chi connectivity index (χ4v) is 3.63. The highest BCUT2D eigenvalue weighted by Gasteiger charge is 2.23. The van der Waals surface area contributed by atoms with E-state index in [0.717, 1.165) is 25.7 Å². The molecule has 2 rings (SSSR count). The highest BCUT2D eigenvalue weighted by atomic mass is 16.2. The van der Waals surface area contributed by atoms with Crippen molar-refractivity contribution in [2.45, 2.75) is 78.9 Å². The molecule has 0 spiro atoms. The number of nitrogens with one attached hydrogen (secondary N) is 2. The van der Waals surface area contributed by atoms with Gasteiger partial charge in [-0.1, -0.05) is 6.92 Å². The maximum absolute atomic E-state index is 12.8. The van der Waals surface area contributed by atoms with Crippen LogP contribution in [-0.2, 0) is 11.3 Å². The summed E-state index contributed by atoms with van der Waals surface area (Å²) in [6.45, 7) is 9.40. The van der Waals surface area contributed by atoms with Gasteiger partial charge in [0.2, 0.25) is 5.91 Å². The third kappa shape index (κ3) is 4.96. The maximum atomic E-state index is 12.8. The monoisotopic (exact) mass is 361 g/mol. The Labute approximate surface area is 155 Å². The zero-order chi connectivity index (χ0) is 19.4. The zero-order valence-corrected chi connectivity index (χ0v) is 16.5. The average molecular weight is 361 g/mol. The number of rotatable bonds is 5. The van der Waals surface area contributed by atoms with Crippen LogP contribution in [0.3, 0.4) is 0 Å². The summed E-state index contributed by atoms with van der Waals surface area (Å²) in [5.74, 6) is 0.326. The van der Waals surface area contributed by atoms with E-state index in [9.17, 15) is 14.4 Å². The SMILES string of the molecule is Cc1cc(=O)n(CC(=O)NC(C)C)c(C)c1C(=O)NC1CCC(C)CC1. The number of aryl methyl sites for hydroxylation is 1. The number of nitrogens with zero attached hydrogens (tertiary/aromatic N) is 1. The van der Waals surface area contributed by atoms with E-state index in [1.54, 1.807) is 13.8 Å². The largest absolute Gasteiger partial charge is 0.352 e. The molecule has 1 aromatic heterocycles. The standard InChI is InChI=1S/C20H31N3O3/c1-12(2)21-17(24)11-23-15(5)19(14(4)10-18(23)25)20(26)22-16-8-6-13(3)7-9-16/h10,12-13,16H,6-9,11H2,1-5H3,(H,21,24)(H,22,26). The predicted octanol–water partition coefficient (Wildman–Crippen LogP) is 2.30. The lowest BCUT2D eigenvalue weighted by molar-refractivity contribution is -0.122. The summed E-state index contributed by atoms with van der Waals surface area (Å²) in [7, 11) is 0. The molecule has 1 fully saturated rings. The normalized spacial score (nSPS) is 20.1. The Morgan fingerprint density at radius 1 is 1.19 bits per heavy atom. The van der Waals surface area contributed by atoms with E-state index in [1.165, 1.54) is 10.6 Å². The van der Waals surface area contributed by atoms with Crippen LogP contribution < -0.4 is 16.2 Å². The van der Waals surface area contributed by atoms with Crippen LogP contribution in [0.5, 0.6) is 0 Å². The van der Waals surface area contributed by atoms with E-state index in [1.807, 2.05) is 13.8 Å². The number of amides is 2. The van der Waals surface area contributed by atoms with Crippen molar-refractivity contribution < 1.29 is 9.59 Å². The number of hydrogen-bond acceptors (Lipinski definition) is 3. The molecule has 2 amide bonds. The van der Waals surface area contributed by atoms with Crippen molar-refractivity contribution in [3.8, 4) is 0 Å². The first-order chi connectivity index (χ1) is 12.2. The highest BCUT2D eigenvalue weighted by molar-refractivity contribution is 5.97. The summed E-state index contributed by atoms with van der Waals surface area (Å²) in [5, 5.41) is 5.89. The maximum Gasteiger partial charge on any atom is 0.253 e. The molecule has 0 radical (unpaired) electrons. The minimum Gasteiger partial charge on any atom is -0.352 e. The number of carbonyl (C=O) groups is 2. The Bertz CT molecular complexity index is 729. The van der Waals surface area contributed by atoms with Crippen LogP contribution in [0.2, 0.25) is 0 Å². The summed E-state index contributed by atoms with van der Waals surface area (Å²) in [6.07, 6.45) is 4.22. The second-order valence-electron chi connectivity index (χ2n) is 7.86. The van der Waals surface area contributed by atoms with Crippen LogP contribution in [0.1, 0.15) is 68.1 Å². The number of carbonyl (C=O) groups excluding carboxylic acids is 2. The van der Waals surface area contributed by atoms with Crippen LogP contribution in [0.4, 0.5) is 0 Å². The average Bonchev–Trinajstić information content (AvgIpc) is 2.52. The van der Waals surface area contributed by atoms with Crippen molar-refractivity contribution >= 4 is 11.8 Å². The third-order valence-corrected chi connectivity index (χ3v) is 5.10. The summed E-state index contributed by atoms with van der Waals surface area (Å²) >= 11 is 0. The fraction of sp³-hybridized carbons (Fsp3) is 0.650. The van der Waals surface area contributed by atoms with Gasteiger partial charge >= 0.3 is 0 Å². The Morgan fingerprint density at radius 2 is 1.81 bits per heavy atom. The quantitative estimate of drug-likeness (QED) is 0.844. The molecule has 6 nitrogen and oxygen atoms in total. The van der Waals surface area contributed by atoms with E-state index >= 15 is 0 Å². The lowest BCUT2D eigenvalue weighted by Gasteiger charge is -2.27. The van der Waals surface area contributed by atoms with Crippen molar-refractivity contribution in [3.05, 3.63) is 33.2 Å². The molecule has 2 N–H and O–H groups in total. The lowest BCUT2D eigenvalue weighted by atomic mass is 9.87. The molecule has 0 saturated heterocycles. The summed E-state index contributed by atoms with van der Waals surface area (Å²) < 4.78 is 1.38. The van der Waals surface area contributed by atoms with Crippen LogP contribution in [-0.4, -0.2) is 28.5 Å². The topological polar surface area (TPSA) is 80.2 Å². The van der Waals surface area contributed by atoms with E-state index in [-0.39, 0.29) is 36.0 Å². The summed E-state index contributed by atoms with van der Waals surface area (Å²) in [5.41, 5.74) is 1.42. The first kappa shape index (κ1) is 20.2. The van der Waals surface area contributed by atoms with Gasteiger partial charge < -0.3 is 15.2 Å². The molecular weight excluding hydrogens is 330 g/mol. The van der Waals surface area contributed by atoms with Crippen LogP contribution >= 0.6 is 0 Å². The zero-order valence-electron chi connectivity index (χ0n) is 16.5. The van der Waals surface area contributed by atoms with Gasteiger partial charge in [0.15, 0.2) is 0 Å². The fourth-order valence-electron chi connectivity index (χ4n) is 3.63. The Kier molecular flexibility index (Phi) is 6.62. The molecule has 144 valence electrons. The Balaban J connectivity index is 2.22. The van der Waals surface area contributed by atoms with Crippen molar-refractivity contribution in [3.63, 3.8) is 0 Å². The molecular formula is C20H31N3O3. The Hall–Kier alpha value is -2.11. The van der Waals surface area contributed by atoms with Crippen molar-refractivity contribution in [2.75, 3.05) is 0 Å². The second kappa shape index (κ2) is 8.52. The van der Waals surface area contributed by atoms with E-state index in [0.29, 0.717) is 22.7 Å². The van der Waals surface area contributed by atoms with Crippen LogP contribution in [0, 0.1) is 19.8 Å². The molecule has 1 aromatic rings. The van der Waals surface area contributed by atoms with Gasteiger partial charge in [-0.2, -0.15) is 0 Å². The summed E-state index contributed by atoms with van der Waals surface area (Å²) in [6, 6.07) is 1.62. The molecule has 0 bridgehead atoms. The number of aromatic nitrogens is 1. The van der Waals surface area contributed by atoms with Crippen molar-refractivity contribution in [2.24, 2.45) is 5.92 Å². The molecule has 0 aromatic carbocycles. The Morgan fingerprint density at radius 3 is 2.38 bits per heavy atom. The van der Waals surface area contributed by atoms with Crippen molar-refractivity contribution in [1.82, 2.24) is 15.2 Å². The van der Waals surface area contributed by atoms with E-state index in [2.05, 4.69) is 17.6 Å². The molecule has 0 atom stereocenters. The molecule has 0 unspecified atom stereocenters. The molecule has 0 aliphatic heterocycles. The van der Waals surface area contributed by atoms with Gasteiger partial charge in [0, 0.05) is 23.8 Å². The molecule has 1 aliphatic carbocycles. The van der Waals surface area contributed by atoms with Crippen molar-refractivity contribution in [1.29, 1.82) is 0 Å². The third-order valence-electron chi connectivity index (χ3n) is 5.10. The predicted molar refractivity (Wildman–Crippen MR) is 102 cm³/mol. The molecule has 1 heterocycles. The second-order valence-corrected chi connectivity index (χ2v) is 7.86. The van der Waals surface area contributed by atoms with Crippen LogP contribution in [0.25, 0.3) is 0 Å². The molecule has 1 saturated carbocycles. The van der Waals surface area contributed by atoms with Gasteiger partial charge in [-0.05, 0) is 64.9 Å². The minimum atomic E-state index is -0.262. The smallest absolute Gasteiger partial charge is 0.253 e. The lowest BCUT2D eigenvalue weighted by Crippen LogP contribution is -2.40. The number of pyridine rings is 1. The van der Waals surface area contributed by atoms with Gasteiger partial charge in [-0.25, -0.2) is 0 Å².